The molecule has 0 bridgehead atoms. The summed E-state index contributed by atoms with van der Waals surface area (Å²) in [5.41, 5.74) is 0. The summed E-state index contributed by atoms with van der Waals surface area (Å²) in [6.45, 7) is 8.13. The standard InChI is InChI=1S/C8H14BrNSi/c1-11(2,3)7-4-5-8(9)10-6-7/h4-5,10H,6H2,1-3H3. The van der Waals surface area contributed by atoms with Gasteiger partial charge in [0.15, 0.2) is 0 Å². The molecule has 0 fully saturated rings. The fraction of sp³-hybridized carbons (Fsp3) is 0.500. The molecule has 62 valence electrons. The maximum Gasteiger partial charge on any atom is 0.0782 e. The van der Waals surface area contributed by atoms with Crippen LogP contribution in [0.3, 0.4) is 0 Å². The second-order valence-corrected chi connectivity index (χ2v) is 9.81. The lowest BCUT2D eigenvalue weighted by molar-refractivity contribution is 0.937. The number of allylic oxidation sites excluding steroid dienone is 2. The van der Waals surface area contributed by atoms with E-state index in [9.17, 15) is 0 Å². The van der Waals surface area contributed by atoms with Gasteiger partial charge < -0.3 is 5.32 Å². The molecular formula is C8H14BrNSi. The number of nitrogens with one attached hydrogen (secondary N) is 1. The van der Waals surface area contributed by atoms with Gasteiger partial charge in [0.1, 0.15) is 0 Å². The van der Waals surface area contributed by atoms with Crippen LogP contribution in [0.2, 0.25) is 19.6 Å². The zero-order valence-corrected chi connectivity index (χ0v) is 9.83. The van der Waals surface area contributed by atoms with Crippen molar-refractivity contribution in [2.24, 2.45) is 0 Å². The fourth-order valence-electron chi connectivity index (χ4n) is 0.986. The average molecular weight is 232 g/mol. The highest BCUT2D eigenvalue weighted by molar-refractivity contribution is 9.11. The molecule has 0 spiro atoms. The summed E-state index contributed by atoms with van der Waals surface area (Å²) in [6, 6.07) is 0. The van der Waals surface area contributed by atoms with Gasteiger partial charge in [0, 0.05) is 6.54 Å². The third kappa shape index (κ3) is 2.49. The van der Waals surface area contributed by atoms with Crippen molar-refractivity contribution in [1.29, 1.82) is 0 Å². The van der Waals surface area contributed by atoms with Crippen LogP contribution >= 0.6 is 15.9 Å². The van der Waals surface area contributed by atoms with Crippen LogP contribution < -0.4 is 5.32 Å². The van der Waals surface area contributed by atoms with E-state index in [1.54, 1.807) is 5.20 Å². The Bertz CT molecular complexity index is 213. The average Bonchev–Trinajstić information content (AvgIpc) is 1.86. The lowest BCUT2D eigenvalue weighted by Gasteiger charge is -2.23. The quantitative estimate of drug-likeness (QED) is 0.541. The first-order valence-electron chi connectivity index (χ1n) is 3.81. The van der Waals surface area contributed by atoms with E-state index in [1.807, 2.05) is 0 Å². The molecule has 0 aliphatic carbocycles. The maximum absolute atomic E-state index is 3.40. The zero-order chi connectivity index (χ0) is 8.48. The normalized spacial score (nSPS) is 18.5. The van der Waals surface area contributed by atoms with E-state index in [0.29, 0.717) is 0 Å². The molecule has 11 heavy (non-hydrogen) atoms. The lowest BCUT2D eigenvalue weighted by Crippen LogP contribution is -2.32. The molecule has 0 radical (unpaired) electrons. The van der Waals surface area contributed by atoms with Crippen molar-refractivity contribution in [3.63, 3.8) is 0 Å². The summed E-state index contributed by atoms with van der Waals surface area (Å²) >= 11 is 3.40. The SMILES string of the molecule is C[Si](C)(C)C1=CC=C(Br)NC1. The largest absolute Gasteiger partial charge is 0.376 e. The minimum atomic E-state index is -1.05. The van der Waals surface area contributed by atoms with Gasteiger partial charge in [-0.3, -0.25) is 0 Å². The maximum atomic E-state index is 3.40. The Labute approximate surface area is 77.7 Å². The lowest BCUT2D eigenvalue weighted by atomic mass is 10.4. The molecule has 0 aromatic rings. The number of dihydropyridines is 1. The summed E-state index contributed by atoms with van der Waals surface area (Å²) < 4.78 is 1.10. The Morgan fingerprint density at radius 2 is 2.00 bits per heavy atom. The molecule has 0 unspecified atom stereocenters. The van der Waals surface area contributed by atoms with E-state index in [2.05, 4.69) is 53.0 Å². The van der Waals surface area contributed by atoms with Gasteiger partial charge in [-0.05, 0) is 22.0 Å². The van der Waals surface area contributed by atoms with Crippen LogP contribution in [0.1, 0.15) is 0 Å². The number of rotatable bonds is 1. The summed E-state index contributed by atoms with van der Waals surface area (Å²) in [5, 5.41) is 4.87. The molecule has 0 aromatic carbocycles. The Balaban J connectivity index is 2.77. The van der Waals surface area contributed by atoms with Crippen molar-refractivity contribution >= 4 is 24.0 Å². The second kappa shape index (κ2) is 3.15. The summed E-state index contributed by atoms with van der Waals surface area (Å²) in [5.74, 6) is 0. The minimum Gasteiger partial charge on any atom is -0.376 e. The van der Waals surface area contributed by atoms with Gasteiger partial charge >= 0.3 is 0 Å². The van der Waals surface area contributed by atoms with Gasteiger partial charge in [0.2, 0.25) is 0 Å². The van der Waals surface area contributed by atoms with E-state index in [1.165, 1.54) is 0 Å². The van der Waals surface area contributed by atoms with E-state index in [4.69, 9.17) is 0 Å². The van der Waals surface area contributed by atoms with Crippen molar-refractivity contribution < 1.29 is 0 Å². The van der Waals surface area contributed by atoms with Gasteiger partial charge in [0.25, 0.3) is 0 Å². The third-order valence-corrected chi connectivity index (χ3v) is 4.66. The Morgan fingerprint density at radius 3 is 2.36 bits per heavy atom. The predicted molar refractivity (Wildman–Crippen MR) is 56.4 cm³/mol. The van der Waals surface area contributed by atoms with E-state index >= 15 is 0 Å². The Hall–Kier alpha value is -0.0231. The Morgan fingerprint density at radius 1 is 1.36 bits per heavy atom. The summed E-state index contributed by atoms with van der Waals surface area (Å²) in [4.78, 5) is 0. The van der Waals surface area contributed by atoms with E-state index in [0.717, 1.165) is 11.2 Å². The summed E-state index contributed by atoms with van der Waals surface area (Å²) in [7, 11) is -1.05. The van der Waals surface area contributed by atoms with Crippen LogP contribution in [-0.2, 0) is 0 Å². The highest BCUT2D eigenvalue weighted by Crippen LogP contribution is 2.18. The van der Waals surface area contributed by atoms with Crippen molar-refractivity contribution in [3.05, 3.63) is 22.0 Å². The third-order valence-electron chi connectivity index (χ3n) is 1.84. The molecule has 1 nitrogen and oxygen atoms in total. The molecule has 0 aromatic heterocycles. The monoisotopic (exact) mass is 231 g/mol. The van der Waals surface area contributed by atoms with Crippen molar-refractivity contribution in [2.45, 2.75) is 19.6 Å². The van der Waals surface area contributed by atoms with Gasteiger partial charge in [-0.1, -0.05) is 30.9 Å². The highest BCUT2D eigenvalue weighted by atomic mass is 79.9. The number of hydrogen-bond donors (Lipinski definition) is 1. The molecule has 1 N–H and O–H groups in total. The van der Waals surface area contributed by atoms with Crippen molar-refractivity contribution in [3.8, 4) is 0 Å². The molecule has 1 aliphatic heterocycles. The topological polar surface area (TPSA) is 12.0 Å². The van der Waals surface area contributed by atoms with Crippen molar-refractivity contribution in [2.75, 3.05) is 6.54 Å². The highest BCUT2D eigenvalue weighted by Gasteiger charge is 2.19. The van der Waals surface area contributed by atoms with Crippen LogP contribution in [0.25, 0.3) is 0 Å². The second-order valence-electron chi connectivity index (χ2n) is 3.81. The Kier molecular flexibility index (Phi) is 2.60. The molecular weight excluding hydrogens is 218 g/mol. The van der Waals surface area contributed by atoms with Crippen LogP contribution in [-0.4, -0.2) is 14.6 Å². The van der Waals surface area contributed by atoms with Crippen LogP contribution in [0.4, 0.5) is 0 Å². The first-order valence-corrected chi connectivity index (χ1v) is 8.10. The molecule has 1 heterocycles. The van der Waals surface area contributed by atoms with Gasteiger partial charge in [-0.15, -0.1) is 0 Å². The van der Waals surface area contributed by atoms with Crippen LogP contribution in [0, 0.1) is 0 Å². The van der Waals surface area contributed by atoms with Crippen LogP contribution in [0.5, 0.6) is 0 Å². The van der Waals surface area contributed by atoms with Gasteiger partial charge in [-0.25, -0.2) is 0 Å². The first kappa shape index (κ1) is 9.07. The minimum absolute atomic E-state index is 1.02. The molecule has 3 heteroatoms. The summed E-state index contributed by atoms with van der Waals surface area (Å²) in [6.07, 6.45) is 4.34. The zero-order valence-electron chi connectivity index (χ0n) is 7.24. The fourth-order valence-corrected chi connectivity index (χ4v) is 2.46. The molecule has 1 aliphatic rings. The molecule has 1 rings (SSSR count). The van der Waals surface area contributed by atoms with Gasteiger partial charge in [-0.2, -0.15) is 0 Å². The molecule has 0 saturated heterocycles. The molecule has 0 amide bonds. The smallest absolute Gasteiger partial charge is 0.0782 e. The first-order chi connectivity index (χ1) is 5.00. The van der Waals surface area contributed by atoms with Crippen LogP contribution in [0.15, 0.2) is 22.0 Å². The predicted octanol–water partition coefficient (Wildman–Crippen LogP) is 2.63. The van der Waals surface area contributed by atoms with Gasteiger partial charge in [0.05, 0.1) is 12.7 Å². The molecule has 0 saturated carbocycles. The van der Waals surface area contributed by atoms with E-state index in [-0.39, 0.29) is 0 Å². The molecule has 0 atom stereocenters. The van der Waals surface area contributed by atoms with Crippen molar-refractivity contribution in [1.82, 2.24) is 5.32 Å². The van der Waals surface area contributed by atoms with E-state index < -0.39 is 8.07 Å². The number of hydrogen-bond acceptors (Lipinski definition) is 1. The number of halogens is 1.